The lowest BCUT2D eigenvalue weighted by molar-refractivity contribution is -0.138. The van der Waals surface area contributed by atoms with Crippen LogP contribution in [0.1, 0.15) is 40.8 Å². The number of hydrogen-bond acceptors (Lipinski definition) is 9. The van der Waals surface area contributed by atoms with Crippen LogP contribution in [0.25, 0.3) is 11.8 Å². The van der Waals surface area contributed by atoms with Gasteiger partial charge in [-0.2, -0.15) is 5.26 Å². The Morgan fingerprint density at radius 1 is 1.02 bits per heavy atom. The van der Waals surface area contributed by atoms with Gasteiger partial charge >= 0.3 is 5.97 Å². The van der Waals surface area contributed by atoms with Crippen molar-refractivity contribution in [3.05, 3.63) is 150 Å². The average Bonchev–Trinajstić information content (AvgIpc) is 3.44. The molecule has 0 bridgehead atoms. The number of fused-ring (bicyclic) bond motifs is 1. The largest absolute Gasteiger partial charge is 0.493 e. The molecule has 0 radical (unpaired) electrons. The van der Waals surface area contributed by atoms with Crippen LogP contribution in [-0.4, -0.2) is 30.5 Å². The fourth-order valence-corrected chi connectivity index (χ4v) is 6.83. The molecule has 2 heterocycles. The van der Waals surface area contributed by atoms with E-state index in [1.54, 1.807) is 54.6 Å². The highest BCUT2D eigenvalue weighted by molar-refractivity contribution is 7.98. The molecule has 0 unspecified atom stereocenters. The van der Waals surface area contributed by atoms with E-state index in [-0.39, 0.29) is 12.2 Å². The maximum Gasteiger partial charge on any atom is 0.338 e. The standard InChI is InChI=1S/C38H31N3O5S2/c1-4-45-37(43)33-34(27-8-6-5-7-9-27)40-38-41(35(33)28-15-17-29(47-3)18-16-28)36(42)32(48-38)21-26-14-19-30(31(20-26)44-2)46-23-25-12-10-24(22-39)11-13-25/h5-21,35H,4,23H2,1-3H3/b32-21-/t35-/m1/s1. The van der Waals surface area contributed by atoms with Crippen molar-refractivity contribution in [3.63, 3.8) is 0 Å². The van der Waals surface area contributed by atoms with Crippen molar-refractivity contribution in [2.75, 3.05) is 20.0 Å². The van der Waals surface area contributed by atoms with Crippen molar-refractivity contribution >= 4 is 40.8 Å². The highest BCUT2D eigenvalue weighted by atomic mass is 32.2. The van der Waals surface area contributed by atoms with Gasteiger partial charge in [0.15, 0.2) is 16.3 Å². The van der Waals surface area contributed by atoms with E-state index in [4.69, 9.17) is 24.5 Å². The summed E-state index contributed by atoms with van der Waals surface area (Å²) < 4.78 is 19.3. The molecule has 6 rings (SSSR count). The predicted octanol–water partition coefficient (Wildman–Crippen LogP) is 6.12. The Morgan fingerprint density at radius 3 is 2.44 bits per heavy atom. The van der Waals surface area contributed by atoms with Crippen LogP contribution in [0.2, 0.25) is 0 Å². The molecule has 1 aromatic heterocycles. The summed E-state index contributed by atoms with van der Waals surface area (Å²) in [6.07, 6.45) is 3.79. The molecule has 0 spiro atoms. The SMILES string of the molecule is CCOC(=O)C1=C(c2ccccc2)N=c2s/c(=C\c3ccc(OCc4ccc(C#N)cc4)c(OC)c3)c(=O)n2[C@@H]1c1ccc(SC)cc1. The molecule has 4 aromatic carbocycles. The second-order valence-corrected chi connectivity index (χ2v) is 12.6. The van der Waals surface area contributed by atoms with Gasteiger partial charge in [0.1, 0.15) is 6.61 Å². The van der Waals surface area contributed by atoms with E-state index < -0.39 is 12.0 Å². The van der Waals surface area contributed by atoms with Crippen molar-refractivity contribution < 1.29 is 19.0 Å². The molecular weight excluding hydrogens is 643 g/mol. The Bertz CT molecular complexity index is 2220. The summed E-state index contributed by atoms with van der Waals surface area (Å²) in [6, 6.07) is 31.4. The zero-order valence-corrected chi connectivity index (χ0v) is 28.1. The molecule has 240 valence electrons. The van der Waals surface area contributed by atoms with E-state index >= 15 is 0 Å². The summed E-state index contributed by atoms with van der Waals surface area (Å²) in [6.45, 7) is 2.24. The second kappa shape index (κ2) is 14.6. The first kappa shape index (κ1) is 32.6. The molecule has 1 aliphatic heterocycles. The number of nitrogens with zero attached hydrogens (tertiary/aromatic N) is 3. The zero-order chi connectivity index (χ0) is 33.6. The van der Waals surface area contributed by atoms with Crippen LogP contribution in [0.5, 0.6) is 11.5 Å². The number of thioether (sulfide) groups is 1. The molecule has 48 heavy (non-hydrogen) atoms. The third-order valence-corrected chi connectivity index (χ3v) is 9.49. The number of nitriles is 1. The smallest absolute Gasteiger partial charge is 0.338 e. The number of thiazole rings is 1. The normalized spacial score (nSPS) is 14.1. The highest BCUT2D eigenvalue weighted by Crippen LogP contribution is 2.36. The third kappa shape index (κ3) is 6.69. The van der Waals surface area contributed by atoms with Gasteiger partial charge in [-0.15, -0.1) is 11.8 Å². The maximum absolute atomic E-state index is 14.2. The Kier molecular flexibility index (Phi) is 9.90. The van der Waals surface area contributed by atoms with Gasteiger partial charge in [0, 0.05) is 10.5 Å². The van der Waals surface area contributed by atoms with Crippen molar-refractivity contribution in [1.29, 1.82) is 5.26 Å². The summed E-state index contributed by atoms with van der Waals surface area (Å²) in [5, 5.41) is 9.05. The zero-order valence-electron chi connectivity index (χ0n) is 26.5. The van der Waals surface area contributed by atoms with Gasteiger partial charge in [0.2, 0.25) is 0 Å². The van der Waals surface area contributed by atoms with E-state index in [1.807, 2.05) is 85.1 Å². The number of esters is 1. The fourth-order valence-electron chi connectivity index (χ4n) is 5.42. The average molecular weight is 674 g/mol. The van der Waals surface area contributed by atoms with E-state index in [0.717, 1.165) is 27.1 Å². The number of methoxy groups -OCH3 is 1. The van der Waals surface area contributed by atoms with Gasteiger partial charge < -0.3 is 14.2 Å². The Balaban J connectivity index is 1.45. The summed E-state index contributed by atoms with van der Waals surface area (Å²) in [7, 11) is 1.56. The number of rotatable bonds is 10. The van der Waals surface area contributed by atoms with E-state index in [9.17, 15) is 9.59 Å². The number of ether oxygens (including phenoxy) is 3. The van der Waals surface area contributed by atoms with E-state index in [2.05, 4.69) is 6.07 Å². The number of carbonyl (C=O) groups excluding carboxylic acids is 1. The van der Waals surface area contributed by atoms with Crippen LogP contribution in [-0.2, 0) is 16.1 Å². The monoisotopic (exact) mass is 673 g/mol. The minimum Gasteiger partial charge on any atom is -0.493 e. The van der Waals surface area contributed by atoms with Crippen LogP contribution < -0.4 is 24.4 Å². The molecule has 5 aromatic rings. The second-order valence-electron chi connectivity index (χ2n) is 10.7. The molecule has 0 amide bonds. The fraction of sp³-hybridized carbons (Fsp3) is 0.158. The molecule has 10 heteroatoms. The lowest BCUT2D eigenvalue weighted by Gasteiger charge is -2.26. The van der Waals surface area contributed by atoms with Gasteiger partial charge in [0.05, 0.1) is 47.2 Å². The third-order valence-electron chi connectivity index (χ3n) is 7.77. The van der Waals surface area contributed by atoms with Crippen LogP contribution in [0.3, 0.4) is 0 Å². The van der Waals surface area contributed by atoms with Crippen LogP contribution in [0, 0.1) is 11.3 Å². The van der Waals surface area contributed by atoms with Gasteiger partial charge in [-0.3, -0.25) is 9.36 Å². The first-order valence-corrected chi connectivity index (χ1v) is 17.2. The van der Waals surface area contributed by atoms with Crippen molar-refractivity contribution in [3.8, 4) is 17.6 Å². The van der Waals surface area contributed by atoms with Crippen LogP contribution in [0.15, 0.2) is 117 Å². The minimum absolute atomic E-state index is 0.183. The Hall–Kier alpha value is -5.37. The molecule has 1 atom stereocenters. The first-order valence-electron chi connectivity index (χ1n) is 15.2. The molecular formula is C38H31N3O5S2. The Labute approximate surface area is 285 Å². The Morgan fingerprint density at radius 2 is 1.77 bits per heavy atom. The molecule has 0 fully saturated rings. The number of aromatic nitrogens is 1. The minimum atomic E-state index is -0.749. The lowest BCUT2D eigenvalue weighted by Crippen LogP contribution is -2.40. The summed E-state index contributed by atoms with van der Waals surface area (Å²) in [4.78, 5) is 34.4. The molecule has 8 nitrogen and oxygen atoms in total. The van der Waals surface area contributed by atoms with E-state index in [0.29, 0.717) is 44.3 Å². The maximum atomic E-state index is 14.2. The molecule has 0 aliphatic carbocycles. The van der Waals surface area contributed by atoms with Crippen molar-refractivity contribution in [1.82, 2.24) is 4.57 Å². The summed E-state index contributed by atoms with van der Waals surface area (Å²) in [5.74, 6) is 0.531. The summed E-state index contributed by atoms with van der Waals surface area (Å²) in [5.41, 5.74) is 4.27. The lowest BCUT2D eigenvalue weighted by atomic mass is 9.93. The van der Waals surface area contributed by atoms with Gasteiger partial charge in [-0.1, -0.05) is 72.0 Å². The quantitative estimate of drug-likeness (QED) is 0.130. The molecule has 0 saturated heterocycles. The highest BCUT2D eigenvalue weighted by Gasteiger charge is 2.35. The molecule has 1 aliphatic rings. The molecule has 0 N–H and O–H groups in total. The van der Waals surface area contributed by atoms with E-state index in [1.165, 1.54) is 11.3 Å². The van der Waals surface area contributed by atoms with Crippen LogP contribution >= 0.6 is 23.1 Å². The summed E-state index contributed by atoms with van der Waals surface area (Å²) >= 11 is 2.87. The van der Waals surface area contributed by atoms with Gasteiger partial charge in [-0.25, -0.2) is 9.79 Å². The predicted molar refractivity (Wildman–Crippen MR) is 188 cm³/mol. The van der Waals surface area contributed by atoms with Gasteiger partial charge in [-0.05, 0) is 72.3 Å². The van der Waals surface area contributed by atoms with Crippen molar-refractivity contribution in [2.24, 2.45) is 4.99 Å². The first-order chi connectivity index (χ1) is 23.4. The number of carbonyl (C=O) groups is 1. The number of benzene rings is 4. The number of hydrogen-bond donors (Lipinski definition) is 0. The van der Waals surface area contributed by atoms with Crippen molar-refractivity contribution in [2.45, 2.75) is 24.5 Å². The van der Waals surface area contributed by atoms with Gasteiger partial charge in [0.25, 0.3) is 5.56 Å². The molecule has 0 saturated carbocycles. The van der Waals surface area contributed by atoms with Crippen LogP contribution in [0.4, 0.5) is 0 Å². The topological polar surface area (TPSA) is 103 Å².